The summed E-state index contributed by atoms with van der Waals surface area (Å²) >= 11 is 1.73. The van der Waals surface area contributed by atoms with Gasteiger partial charge in [-0.1, -0.05) is 53.7 Å². The first kappa shape index (κ1) is 26.1. The third-order valence-corrected chi connectivity index (χ3v) is 6.83. The lowest BCUT2D eigenvalue weighted by atomic mass is 10.0. The Labute approximate surface area is 220 Å². The summed E-state index contributed by atoms with van der Waals surface area (Å²) in [4.78, 5) is 14.3. The lowest BCUT2D eigenvalue weighted by Gasteiger charge is -2.31. The fraction of sp³-hybridized carbons (Fsp3) is 0.214. The topological polar surface area (TPSA) is 87.9 Å². The van der Waals surface area contributed by atoms with E-state index in [-0.39, 0.29) is 5.75 Å². The highest BCUT2D eigenvalue weighted by Crippen LogP contribution is 2.31. The number of hydrogen-bond donors (Lipinski definition) is 1. The van der Waals surface area contributed by atoms with Gasteiger partial charge in [-0.15, -0.1) is 5.10 Å². The number of rotatable bonds is 7. The lowest BCUT2D eigenvalue weighted by molar-refractivity contribution is -0.00618. The fourth-order valence-electron chi connectivity index (χ4n) is 4.15. The monoisotopic (exact) mass is 516 g/mol. The van der Waals surface area contributed by atoms with Crippen molar-refractivity contribution in [3.05, 3.63) is 88.5 Å². The Balaban J connectivity index is 1.43. The van der Waals surface area contributed by atoms with Gasteiger partial charge in [0.05, 0.1) is 11.9 Å². The third-order valence-electron chi connectivity index (χ3n) is 5.78. The molecule has 190 valence electrons. The summed E-state index contributed by atoms with van der Waals surface area (Å²) < 4.78 is 12.1. The van der Waals surface area contributed by atoms with Crippen LogP contribution in [0.15, 0.2) is 80.9 Å². The zero-order chi connectivity index (χ0) is 26.2. The van der Waals surface area contributed by atoms with Crippen molar-refractivity contribution >= 4 is 46.7 Å². The van der Waals surface area contributed by atoms with E-state index < -0.39 is 0 Å². The van der Waals surface area contributed by atoms with Crippen molar-refractivity contribution in [2.75, 3.05) is 17.2 Å². The molecule has 0 aliphatic carbocycles. The van der Waals surface area contributed by atoms with Crippen molar-refractivity contribution in [2.24, 2.45) is 25.9 Å². The maximum absolute atomic E-state index is 12.1. The highest BCUT2D eigenvalue weighted by Gasteiger charge is 2.22. The molecule has 0 bridgehead atoms. The molecule has 3 aromatic rings. The molecule has 0 unspecified atom stereocenters. The zero-order valence-electron chi connectivity index (χ0n) is 21.1. The second-order valence-corrected chi connectivity index (χ2v) is 9.74. The van der Waals surface area contributed by atoms with Crippen LogP contribution in [0.1, 0.15) is 34.2 Å². The number of aryl methyl sites for hydroxylation is 3. The third kappa shape index (κ3) is 6.83. The summed E-state index contributed by atoms with van der Waals surface area (Å²) in [6, 6.07) is 18.2. The van der Waals surface area contributed by atoms with E-state index in [1.54, 1.807) is 30.1 Å². The smallest absolute Gasteiger partial charge is 0.190 e. The van der Waals surface area contributed by atoms with Crippen LogP contribution in [0.3, 0.4) is 0 Å². The molecule has 1 saturated heterocycles. The minimum atomic E-state index is 0.114. The van der Waals surface area contributed by atoms with E-state index in [2.05, 4.69) is 62.9 Å². The summed E-state index contributed by atoms with van der Waals surface area (Å²) in [7, 11) is 0. The number of amidine groups is 2. The molecule has 1 aliphatic heterocycles. The highest BCUT2D eigenvalue weighted by molar-refractivity contribution is 8.14. The summed E-state index contributed by atoms with van der Waals surface area (Å²) in [5, 5.41) is 9.85. The van der Waals surface area contributed by atoms with Crippen LogP contribution in [0.4, 0.5) is 15.9 Å². The van der Waals surface area contributed by atoms with Gasteiger partial charge >= 0.3 is 0 Å². The summed E-state index contributed by atoms with van der Waals surface area (Å²) in [5.41, 5.74) is 13.3. The molecular weight excluding hydrogens is 487 g/mol. The second-order valence-electron chi connectivity index (χ2n) is 8.68. The number of hydrogen-bond acceptors (Lipinski definition) is 5. The number of anilines is 1. The van der Waals surface area contributed by atoms with E-state index in [0.29, 0.717) is 11.5 Å². The van der Waals surface area contributed by atoms with Gasteiger partial charge in [-0.25, -0.2) is 9.98 Å². The van der Waals surface area contributed by atoms with Gasteiger partial charge in [0, 0.05) is 28.1 Å². The van der Waals surface area contributed by atoms with Gasteiger partial charge in [0.25, 0.3) is 0 Å². The van der Waals surface area contributed by atoms with E-state index in [0.717, 1.165) is 35.0 Å². The van der Waals surface area contributed by atoms with Gasteiger partial charge in [0.1, 0.15) is 12.2 Å². The predicted molar refractivity (Wildman–Crippen MR) is 154 cm³/mol. The van der Waals surface area contributed by atoms with E-state index in [9.17, 15) is 4.53 Å². The van der Waals surface area contributed by atoms with Gasteiger partial charge < -0.3 is 10.6 Å². The molecule has 0 amide bonds. The molecule has 0 aromatic heterocycles. The van der Waals surface area contributed by atoms with Crippen LogP contribution in [0.5, 0.6) is 5.75 Å². The van der Waals surface area contributed by atoms with Crippen molar-refractivity contribution in [2.45, 2.75) is 27.2 Å². The van der Waals surface area contributed by atoms with Crippen molar-refractivity contribution in [1.29, 1.82) is 0 Å². The van der Waals surface area contributed by atoms with Crippen LogP contribution in [0, 0.1) is 20.8 Å². The SMILES string of the molecule is Cc1cc(C)c(N2CCCS/C2=N\N=C\c2ccc(C(N)=NC=Nc3ccc(OF)cc3)cc2)c(C)c1. The molecule has 4 rings (SSSR count). The first-order chi connectivity index (χ1) is 17.9. The molecule has 0 saturated carbocycles. The van der Waals surface area contributed by atoms with E-state index in [1.165, 1.54) is 40.8 Å². The molecule has 9 heteroatoms. The Morgan fingerprint density at radius 2 is 1.73 bits per heavy atom. The van der Waals surface area contributed by atoms with Crippen molar-refractivity contribution in [3.8, 4) is 5.75 Å². The molecule has 1 aliphatic rings. The fourth-order valence-corrected chi connectivity index (χ4v) is 5.05. The Kier molecular flexibility index (Phi) is 8.68. The Hall–Kier alpha value is -3.98. The predicted octanol–water partition coefficient (Wildman–Crippen LogP) is 6.27. The van der Waals surface area contributed by atoms with Gasteiger partial charge in [-0.2, -0.15) is 5.10 Å². The Morgan fingerprint density at radius 1 is 1.03 bits per heavy atom. The minimum absolute atomic E-state index is 0.114. The van der Waals surface area contributed by atoms with E-state index >= 15 is 0 Å². The molecule has 0 radical (unpaired) electrons. The quantitative estimate of drug-likeness (QED) is 0.228. The van der Waals surface area contributed by atoms with Gasteiger partial charge in [-0.3, -0.25) is 4.94 Å². The molecule has 0 spiro atoms. The van der Waals surface area contributed by atoms with Gasteiger partial charge in [0.15, 0.2) is 10.9 Å². The largest absolute Gasteiger partial charge is 0.383 e. The van der Waals surface area contributed by atoms with Crippen LogP contribution in [0.25, 0.3) is 0 Å². The number of nitrogens with two attached hydrogens (primary N) is 1. The maximum atomic E-state index is 12.1. The standard InChI is InChI=1S/C28H29FN6OS/c1-19-15-20(2)26(21(3)16-19)35-13-4-14-37-28(35)34-33-17-22-5-7-23(8-6-22)27(30)32-18-31-24-9-11-25(36-29)12-10-24/h5-12,15-18H,4,13-14H2,1-3H3,(H2,30,31,32)/b33-17+,34-28-. The molecule has 37 heavy (non-hydrogen) atoms. The average Bonchev–Trinajstić information content (AvgIpc) is 2.90. The number of nitrogens with zero attached hydrogens (tertiary/aromatic N) is 5. The first-order valence-corrected chi connectivity index (χ1v) is 12.9. The summed E-state index contributed by atoms with van der Waals surface area (Å²) in [5.74, 6) is 1.47. The van der Waals surface area contributed by atoms with Gasteiger partial charge in [-0.05, 0) is 68.1 Å². The number of aliphatic imine (C=N–C) groups is 2. The van der Waals surface area contributed by atoms with Gasteiger partial charge in [0.2, 0.25) is 0 Å². The molecule has 0 atom stereocenters. The maximum Gasteiger partial charge on any atom is 0.190 e. The molecule has 1 heterocycles. The Bertz CT molecular complexity index is 1330. The molecule has 2 N–H and O–H groups in total. The van der Waals surface area contributed by atoms with Crippen LogP contribution < -0.4 is 15.6 Å². The zero-order valence-corrected chi connectivity index (χ0v) is 21.9. The average molecular weight is 517 g/mol. The normalized spacial score (nSPS) is 15.7. The highest BCUT2D eigenvalue weighted by atomic mass is 32.2. The van der Waals surface area contributed by atoms with Crippen LogP contribution in [-0.4, -0.2) is 35.9 Å². The van der Waals surface area contributed by atoms with E-state index in [4.69, 9.17) is 5.73 Å². The molecular formula is C28H29FN6OS. The van der Waals surface area contributed by atoms with Crippen LogP contribution >= 0.6 is 11.8 Å². The van der Waals surface area contributed by atoms with E-state index in [1.807, 2.05) is 24.3 Å². The van der Waals surface area contributed by atoms with Crippen molar-refractivity contribution < 1.29 is 9.47 Å². The van der Waals surface area contributed by atoms with Crippen LogP contribution in [0.2, 0.25) is 0 Å². The first-order valence-electron chi connectivity index (χ1n) is 11.9. The molecule has 3 aromatic carbocycles. The number of thioether (sulfide) groups is 1. The minimum Gasteiger partial charge on any atom is -0.383 e. The van der Waals surface area contributed by atoms with Crippen LogP contribution in [-0.2, 0) is 0 Å². The molecule has 7 nitrogen and oxygen atoms in total. The number of halogens is 1. The number of benzene rings is 3. The summed E-state index contributed by atoms with van der Waals surface area (Å²) in [6.45, 7) is 7.36. The van der Waals surface area contributed by atoms with Crippen molar-refractivity contribution in [3.63, 3.8) is 0 Å². The second kappa shape index (κ2) is 12.3. The lowest BCUT2D eigenvalue weighted by Crippen LogP contribution is -2.35. The Morgan fingerprint density at radius 3 is 2.41 bits per heavy atom. The summed E-state index contributed by atoms with van der Waals surface area (Å²) in [6.07, 6.45) is 4.20. The molecule has 1 fully saturated rings. The van der Waals surface area contributed by atoms with Crippen molar-refractivity contribution in [1.82, 2.24) is 0 Å².